The Morgan fingerprint density at radius 1 is 1.21 bits per heavy atom. The molecule has 1 aromatic carbocycles. The third kappa shape index (κ3) is 6.38. The van der Waals surface area contributed by atoms with Gasteiger partial charge in [0.25, 0.3) is 0 Å². The minimum Gasteiger partial charge on any atom is -0.496 e. The summed E-state index contributed by atoms with van der Waals surface area (Å²) in [5.41, 5.74) is 0.987. The van der Waals surface area contributed by atoms with E-state index in [1.54, 1.807) is 14.2 Å². The van der Waals surface area contributed by atoms with Crippen LogP contribution >= 0.6 is 15.9 Å². The Balaban J connectivity index is 2.39. The molecular formula is C14H21BrO4. The fraction of sp³-hybridized carbons (Fsp3) is 0.571. The highest BCUT2D eigenvalue weighted by molar-refractivity contribution is 9.10. The molecule has 0 aliphatic heterocycles. The summed E-state index contributed by atoms with van der Waals surface area (Å²) < 4.78 is 16.5. The monoisotopic (exact) mass is 332 g/mol. The van der Waals surface area contributed by atoms with Gasteiger partial charge >= 0.3 is 0 Å². The quantitative estimate of drug-likeness (QED) is 0.705. The van der Waals surface area contributed by atoms with Gasteiger partial charge in [-0.3, -0.25) is 0 Å². The second-order valence-electron chi connectivity index (χ2n) is 4.21. The van der Waals surface area contributed by atoms with Gasteiger partial charge in [-0.05, 0) is 30.2 Å². The molecule has 0 saturated heterocycles. The van der Waals surface area contributed by atoms with Crippen LogP contribution in [0.1, 0.15) is 12.0 Å². The van der Waals surface area contributed by atoms with Crippen molar-refractivity contribution in [1.29, 1.82) is 0 Å². The molecule has 108 valence electrons. The molecular weight excluding hydrogens is 312 g/mol. The lowest BCUT2D eigenvalue weighted by Crippen LogP contribution is -2.15. The van der Waals surface area contributed by atoms with Crippen LogP contribution in [0.2, 0.25) is 0 Å². The first kappa shape index (κ1) is 16.4. The molecule has 5 heteroatoms. The number of halogens is 1. The second-order valence-corrected chi connectivity index (χ2v) is 5.12. The molecule has 4 nitrogen and oxygen atoms in total. The van der Waals surface area contributed by atoms with E-state index in [0.717, 1.165) is 15.8 Å². The standard InChI is InChI=1S/C14H21BrO4/c1-17-7-8-19-6-5-13(16)10-11-9-12(15)3-4-14(11)18-2/h3-4,9,13,16H,5-8,10H2,1-2H3. The van der Waals surface area contributed by atoms with Crippen LogP contribution in [0.25, 0.3) is 0 Å². The van der Waals surface area contributed by atoms with Crippen molar-refractivity contribution in [3.63, 3.8) is 0 Å². The van der Waals surface area contributed by atoms with Crippen molar-refractivity contribution in [3.8, 4) is 5.75 Å². The topological polar surface area (TPSA) is 47.9 Å². The van der Waals surface area contributed by atoms with Gasteiger partial charge in [0.2, 0.25) is 0 Å². The maximum atomic E-state index is 9.99. The molecule has 0 fully saturated rings. The summed E-state index contributed by atoms with van der Waals surface area (Å²) in [6.07, 6.45) is 0.709. The van der Waals surface area contributed by atoms with Crippen LogP contribution in [-0.2, 0) is 15.9 Å². The zero-order chi connectivity index (χ0) is 14.1. The molecule has 0 aliphatic rings. The van der Waals surface area contributed by atoms with Gasteiger partial charge in [-0.15, -0.1) is 0 Å². The first-order valence-corrected chi connectivity index (χ1v) is 7.03. The van der Waals surface area contributed by atoms with Gasteiger partial charge < -0.3 is 19.3 Å². The predicted octanol–water partition coefficient (Wildman–Crippen LogP) is 2.41. The first-order valence-electron chi connectivity index (χ1n) is 6.24. The molecule has 0 aromatic heterocycles. The van der Waals surface area contributed by atoms with Crippen molar-refractivity contribution in [1.82, 2.24) is 0 Å². The summed E-state index contributed by atoms with van der Waals surface area (Å²) in [5, 5.41) is 9.99. The van der Waals surface area contributed by atoms with Crippen LogP contribution in [0, 0.1) is 0 Å². The van der Waals surface area contributed by atoms with Crippen molar-refractivity contribution >= 4 is 15.9 Å². The molecule has 0 saturated carbocycles. The van der Waals surface area contributed by atoms with Crippen LogP contribution in [0.15, 0.2) is 22.7 Å². The van der Waals surface area contributed by atoms with E-state index >= 15 is 0 Å². The number of rotatable bonds is 9. The lowest BCUT2D eigenvalue weighted by atomic mass is 10.1. The highest BCUT2D eigenvalue weighted by atomic mass is 79.9. The van der Waals surface area contributed by atoms with Gasteiger partial charge in [-0.1, -0.05) is 15.9 Å². The average molecular weight is 333 g/mol. The highest BCUT2D eigenvalue weighted by Gasteiger charge is 2.10. The van der Waals surface area contributed by atoms with Crippen LogP contribution in [0.5, 0.6) is 5.75 Å². The number of aliphatic hydroxyl groups excluding tert-OH is 1. The predicted molar refractivity (Wildman–Crippen MR) is 77.7 cm³/mol. The van der Waals surface area contributed by atoms with E-state index in [2.05, 4.69) is 15.9 Å². The molecule has 1 rings (SSSR count). The normalized spacial score (nSPS) is 12.4. The smallest absolute Gasteiger partial charge is 0.122 e. The minimum atomic E-state index is -0.439. The van der Waals surface area contributed by atoms with Crippen molar-refractivity contribution in [3.05, 3.63) is 28.2 Å². The SMILES string of the molecule is COCCOCCC(O)Cc1cc(Br)ccc1OC. The van der Waals surface area contributed by atoms with Crippen molar-refractivity contribution < 1.29 is 19.3 Å². The summed E-state index contributed by atoms with van der Waals surface area (Å²) >= 11 is 3.42. The zero-order valence-electron chi connectivity index (χ0n) is 11.4. The summed E-state index contributed by atoms with van der Waals surface area (Å²) in [6.45, 7) is 1.67. The van der Waals surface area contributed by atoms with Gasteiger partial charge in [0.15, 0.2) is 0 Å². The lowest BCUT2D eigenvalue weighted by molar-refractivity contribution is 0.0478. The molecule has 1 N–H and O–H groups in total. The maximum Gasteiger partial charge on any atom is 0.122 e. The van der Waals surface area contributed by atoms with Gasteiger partial charge in [0.1, 0.15) is 5.75 Å². The third-order valence-electron chi connectivity index (χ3n) is 2.73. The Kier molecular flexibility index (Phi) is 8.05. The molecule has 0 heterocycles. The van der Waals surface area contributed by atoms with Crippen LogP contribution in [-0.4, -0.2) is 45.3 Å². The summed E-state index contributed by atoms with van der Waals surface area (Å²) in [7, 11) is 3.27. The van der Waals surface area contributed by atoms with E-state index in [-0.39, 0.29) is 0 Å². The Hall–Kier alpha value is -0.620. The number of methoxy groups -OCH3 is 2. The van der Waals surface area contributed by atoms with Crippen LogP contribution < -0.4 is 4.74 Å². The molecule has 19 heavy (non-hydrogen) atoms. The minimum absolute atomic E-state index is 0.439. The van der Waals surface area contributed by atoms with Crippen molar-refractivity contribution in [2.45, 2.75) is 18.9 Å². The van der Waals surface area contributed by atoms with Gasteiger partial charge in [0.05, 0.1) is 26.4 Å². The van der Waals surface area contributed by atoms with E-state index in [4.69, 9.17) is 14.2 Å². The Bertz CT molecular complexity index is 370. The Labute approximate surface area is 122 Å². The fourth-order valence-electron chi connectivity index (χ4n) is 1.73. The molecule has 1 aromatic rings. The van der Waals surface area contributed by atoms with E-state index in [1.165, 1.54) is 0 Å². The Morgan fingerprint density at radius 3 is 2.68 bits per heavy atom. The fourth-order valence-corrected chi connectivity index (χ4v) is 2.13. The molecule has 0 radical (unpaired) electrons. The third-order valence-corrected chi connectivity index (χ3v) is 3.22. The van der Waals surface area contributed by atoms with E-state index in [0.29, 0.717) is 32.7 Å². The number of aliphatic hydroxyl groups is 1. The number of ether oxygens (including phenoxy) is 3. The van der Waals surface area contributed by atoms with E-state index in [1.807, 2.05) is 18.2 Å². The van der Waals surface area contributed by atoms with Gasteiger partial charge in [0, 0.05) is 24.6 Å². The zero-order valence-corrected chi connectivity index (χ0v) is 13.0. The lowest BCUT2D eigenvalue weighted by Gasteiger charge is -2.14. The number of benzene rings is 1. The summed E-state index contributed by atoms with van der Waals surface area (Å²) in [4.78, 5) is 0. The highest BCUT2D eigenvalue weighted by Crippen LogP contribution is 2.24. The van der Waals surface area contributed by atoms with E-state index < -0.39 is 6.10 Å². The average Bonchev–Trinajstić information content (AvgIpc) is 2.39. The van der Waals surface area contributed by atoms with Gasteiger partial charge in [-0.25, -0.2) is 0 Å². The van der Waals surface area contributed by atoms with Crippen molar-refractivity contribution in [2.24, 2.45) is 0 Å². The van der Waals surface area contributed by atoms with E-state index in [9.17, 15) is 5.11 Å². The first-order chi connectivity index (χ1) is 9.17. The molecule has 0 bridgehead atoms. The number of hydrogen-bond donors (Lipinski definition) is 1. The molecule has 0 aliphatic carbocycles. The molecule has 0 amide bonds. The molecule has 0 spiro atoms. The Morgan fingerprint density at radius 2 is 2.00 bits per heavy atom. The second kappa shape index (κ2) is 9.31. The van der Waals surface area contributed by atoms with Crippen LogP contribution in [0.4, 0.5) is 0 Å². The van der Waals surface area contributed by atoms with Gasteiger partial charge in [-0.2, -0.15) is 0 Å². The largest absolute Gasteiger partial charge is 0.496 e. The molecule has 1 unspecified atom stereocenters. The molecule has 1 atom stereocenters. The van der Waals surface area contributed by atoms with Crippen molar-refractivity contribution in [2.75, 3.05) is 34.0 Å². The summed E-state index contributed by atoms with van der Waals surface area (Å²) in [6, 6.07) is 5.78. The number of hydrogen-bond acceptors (Lipinski definition) is 4. The summed E-state index contributed by atoms with van der Waals surface area (Å²) in [5.74, 6) is 0.794. The maximum absolute atomic E-state index is 9.99. The van der Waals surface area contributed by atoms with Crippen LogP contribution in [0.3, 0.4) is 0 Å².